The summed E-state index contributed by atoms with van der Waals surface area (Å²) >= 11 is 0. The lowest BCUT2D eigenvalue weighted by molar-refractivity contribution is 0.244. The van der Waals surface area contributed by atoms with E-state index in [1.807, 2.05) is 6.08 Å². The van der Waals surface area contributed by atoms with E-state index in [-0.39, 0.29) is 0 Å². The first-order chi connectivity index (χ1) is 14.8. The zero-order valence-corrected chi connectivity index (χ0v) is 19.3. The molecule has 1 aromatic rings. The van der Waals surface area contributed by atoms with Gasteiger partial charge in [-0.15, -0.1) is 0 Å². The third-order valence-corrected chi connectivity index (χ3v) is 8.08. The predicted octanol–water partition coefficient (Wildman–Crippen LogP) is 8.75. The summed E-state index contributed by atoms with van der Waals surface area (Å²) in [5.74, 6) is 3.72. The van der Waals surface area contributed by atoms with E-state index in [0.717, 1.165) is 36.5 Å². The molecule has 0 atom stereocenters. The molecule has 2 aliphatic carbocycles. The van der Waals surface area contributed by atoms with Crippen LogP contribution in [0.25, 0.3) is 0 Å². The second kappa shape index (κ2) is 13.0. The second-order valence-electron chi connectivity index (χ2n) is 10.1. The fourth-order valence-electron chi connectivity index (χ4n) is 5.95. The van der Waals surface area contributed by atoms with Crippen LogP contribution in [-0.2, 0) is 6.42 Å². The van der Waals surface area contributed by atoms with Gasteiger partial charge in [0.2, 0.25) is 0 Å². The average Bonchev–Trinajstić information content (AvgIpc) is 2.81. The molecule has 0 N–H and O–H groups in total. The molecule has 30 heavy (non-hydrogen) atoms. The zero-order chi connectivity index (χ0) is 21.0. The van der Waals surface area contributed by atoms with Crippen LogP contribution in [0.2, 0.25) is 0 Å². The van der Waals surface area contributed by atoms with Crippen LogP contribution in [0, 0.1) is 29.1 Å². The summed E-state index contributed by atoms with van der Waals surface area (Å²) < 4.78 is 0. The summed E-state index contributed by atoms with van der Waals surface area (Å²) in [5, 5.41) is 8.56. The van der Waals surface area contributed by atoms with Gasteiger partial charge in [0.15, 0.2) is 0 Å². The summed E-state index contributed by atoms with van der Waals surface area (Å²) in [5.41, 5.74) is 3.05. The molecular weight excluding hydrogens is 362 g/mol. The smallest absolute Gasteiger partial charge is 0.0908 e. The maximum atomic E-state index is 8.56. The molecule has 0 spiro atoms. The molecule has 1 nitrogen and oxygen atoms in total. The first kappa shape index (κ1) is 23.1. The van der Waals surface area contributed by atoms with Crippen LogP contribution in [0.15, 0.2) is 36.4 Å². The average molecular weight is 406 g/mol. The Kier molecular flexibility index (Phi) is 10.0. The molecule has 2 aliphatic rings. The van der Waals surface area contributed by atoms with Crippen molar-refractivity contribution < 1.29 is 0 Å². The minimum atomic E-state index is 0.817. The van der Waals surface area contributed by atoms with Gasteiger partial charge in [0.05, 0.1) is 6.07 Å². The van der Waals surface area contributed by atoms with Crippen molar-refractivity contribution in [1.82, 2.24) is 0 Å². The summed E-state index contributed by atoms with van der Waals surface area (Å²) in [6.07, 6.45) is 24.5. The number of hydrogen-bond acceptors (Lipinski definition) is 1. The Morgan fingerprint density at radius 1 is 0.800 bits per heavy atom. The Balaban J connectivity index is 1.23. The van der Waals surface area contributed by atoms with E-state index in [4.69, 9.17) is 5.26 Å². The van der Waals surface area contributed by atoms with Crippen molar-refractivity contribution >= 4 is 0 Å². The summed E-state index contributed by atoms with van der Waals surface area (Å²) in [7, 11) is 0. The number of aryl methyl sites for hydroxylation is 1. The van der Waals surface area contributed by atoms with Gasteiger partial charge in [-0.25, -0.2) is 0 Å². The van der Waals surface area contributed by atoms with E-state index in [2.05, 4.69) is 37.3 Å². The monoisotopic (exact) mass is 405 g/mol. The van der Waals surface area contributed by atoms with E-state index in [1.54, 1.807) is 11.6 Å². The van der Waals surface area contributed by atoms with Crippen LogP contribution in [-0.4, -0.2) is 0 Å². The van der Waals surface area contributed by atoms with Crippen LogP contribution in [0.4, 0.5) is 0 Å². The number of nitrogens with zero attached hydrogens (tertiary/aromatic N) is 1. The molecule has 1 aromatic carbocycles. The van der Waals surface area contributed by atoms with Gasteiger partial charge in [-0.2, -0.15) is 5.26 Å². The van der Waals surface area contributed by atoms with Gasteiger partial charge in [-0.3, -0.25) is 0 Å². The maximum Gasteiger partial charge on any atom is 0.0908 e. The normalized spacial score (nSPS) is 27.2. The minimum Gasteiger partial charge on any atom is -0.193 e. The third-order valence-electron chi connectivity index (χ3n) is 8.08. The van der Waals surface area contributed by atoms with Gasteiger partial charge in [0.25, 0.3) is 0 Å². The van der Waals surface area contributed by atoms with Gasteiger partial charge >= 0.3 is 0 Å². The number of nitriles is 1. The number of unbranched alkanes of at least 4 members (excludes halogenated alkanes) is 1. The molecule has 3 rings (SSSR count). The van der Waals surface area contributed by atoms with Crippen molar-refractivity contribution in [3.8, 4) is 6.07 Å². The van der Waals surface area contributed by atoms with Crippen molar-refractivity contribution in [3.05, 3.63) is 47.5 Å². The molecule has 2 fully saturated rings. The molecule has 2 saturated carbocycles. The first-order valence-corrected chi connectivity index (χ1v) is 12.9. The third kappa shape index (κ3) is 7.61. The molecule has 0 bridgehead atoms. The Bertz CT molecular complexity index is 649. The summed E-state index contributed by atoms with van der Waals surface area (Å²) in [6.45, 7) is 2.24. The minimum absolute atomic E-state index is 0.817. The SMILES string of the molecule is CCc1ccc(C2CCC(CCCCC3CCC(CC/C=C/C#N)CC3)CC2)cc1. The van der Waals surface area contributed by atoms with Crippen molar-refractivity contribution in [2.75, 3.05) is 0 Å². The largest absolute Gasteiger partial charge is 0.193 e. The van der Waals surface area contributed by atoms with Crippen molar-refractivity contribution in [2.24, 2.45) is 17.8 Å². The van der Waals surface area contributed by atoms with Crippen molar-refractivity contribution in [2.45, 2.75) is 109 Å². The maximum absolute atomic E-state index is 8.56. The van der Waals surface area contributed by atoms with Gasteiger partial charge in [0, 0.05) is 6.08 Å². The molecule has 0 aliphatic heterocycles. The van der Waals surface area contributed by atoms with Crippen LogP contribution in [0.5, 0.6) is 0 Å². The van der Waals surface area contributed by atoms with Crippen LogP contribution in [0.3, 0.4) is 0 Å². The molecule has 0 saturated heterocycles. The summed E-state index contributed by atoms with van der Waals surface area (Å²) in [6, 6.07) is 11.5. The van der Waals surface area contributed by atoms with Crippen LogP contribution < -0.4 is 0 Å². The highest BCUT2D eigenvalue weighted by Crippen LogP contribution is 2.38. The highest BCUT2D eigenvalue weighted by atomic mass is 14.3. The molecule has 0 aromatic heterocycles. The van der Waals surface area contributed by atoms with E-state index >= 15 is 0 Å². The van der Waals surface area contributed by atoms with Gasteiger partial charge in [0.1, 0.15) is 0 Å². The van der Waals surface area contributed by atoms with E-state index in [1.165, 1.54) is 89.0 Å². The molecular formula is C29H43N. The van der Waals surface area contributed by atoms with E-state index in [9.17, 15) is 0 Å². The Morgan fingerprint density at radius 2 is 1.33 bits per heavy atom. The fourth-order valence-corrected chi connectivity index (χ4v) is 5.95. The van der Waals surface area contributed by atoms with Crippen molar-refractivity contribution in [3.63, 3.8) is 0 Å². The quantitative estimate of drug-likeness (QED) is 0.282. The molecule has 0 radical (unpaired) electrons. The van der Waals surface area contributed by atoms with Gasteiger partial charge in [-0.1, -0.05) is 88.6 Å². The molecule has 1 heteroatoms. The summed E-state index contributed by atoms with van der Waals surface area (Å²) in [4.78, 5) is 0. The molecule has 0 heterocycles. The number of hydrogen-bond donors (Lipinski definition) is 0. The first-order valence-electron chi connectivity index (χ1n) is 12.9. The molecule has 0 unspecified atom stereocenters. The molecule has 164 valence electrons. The predicted molar refractivity (Wildman–Crippen MR) is 128 cm³/mol. The standard InChI is InChI=1S/C29H43N/c1-2-24-15-19-28(20-16-24)29-21-17-27(18-22-29)10-6-5-9-26-13-11-25(12-14-26)8-4-3-7-23-30/h3,7,15-16,19-20,25-27,29H,2,4-6,8-14,17-18,21-22H2,1H3/b7-3+. The lowest BCUT2D eigenvalue weighted by Gasteiger charge is -2.30. The van der Waals surface area contributed by atoms with Crippen LogP contribution in [0.1, 0.15) is 114 Å². The number of rotatable bonds is 10. The Hall–Kier alpha value is -1.55. The van der Waals surface area contributed by atoms with E-state index < -0.39 is 0 Å². The van der Waals surface area contributed by atoms with Crippen LogP contribution >= 0.6 is 0 Å². The highest BCUT2D eigenvalue weighted by molar-refractivity contribution is 5.25. The van der Waals surface area contributed by atoms with Gasteiger partial charge < -0.3 is 0 Å². The van der Waals surface area contributed by atoms with Crippen molar-refractivity contribution in [1.29, 1.82) is 5.26 Å². The lowest BCUT2D eigenvalue weighted by Crippen LogP contribution is -2.15. The number of benzene rings is 1. The number of allylic oxidation sites excluding steroid dienone is 2. The Labute approximate surface area is 186 Å². The zero-order valence-electron chi connectivity index (χ0n) is 19.3. The second-order valence-corrected chi connectivity index (χ2v) is 10.1. The van der Waals surface area contributed by atoms with E-state index in [0.29, 0.717) is 0 Å². The highest BCUT2D eigenvalue weighted by Gasteiger charge is 2.23. The molecule has 0 amide bonds. The van der Waals surface area contributed by atoms with Gasteiger partial charge in [-0.05, 0) is 79.7 Å². The Morgan fingerprint density at radius 3 is 1.87 bits per heavy atom. The lowest BCUT2D eigenvalue weighted by atomic mass is 9.76. The fraction of sp³-hybridized carbons (Fsp3) is 0.690. The topological polar surface area (TPSA) is 23.8 Å².